The monoisotopic (exact) mass is 389 g/mol. The number of benzene rings is 1. The molecule has 0 bridgehead atoms. The van der Waals surface area contributed by atoms with Crippen LogP contribution in [0, 0.1) is 40.9 Å². The first-order chi connectivity index (χ1) is 13.9. The Balaban J connectivity index is 1.42. The fourth-order valence-corrected chi connectivity index (χ4v) is 7.19. The van der Waals surface area contributed by atoms with Gasteiger partial charge in [-0.05, 0) is 92.9 Å². The molecule has 3 heteroatoms. The minimum absolute atomic E-state index is 0.146. The van der Waals surface area contributed by atoms with E-state index in [1.165, 1.54) is 12.0 Å². The van der Waals surface area contributed by atoms with E-state index in [4.69, 9.17) is 5.73 Å². The largest absolute Gasteiger partial charge is 0.399 e. The predicted octanol–water partition coefficient (Wildman–Crippen LogP) is 4.49. The van der Waals surface area contributed by atoms with Crippen molar-refractivity contribution in [2.45, 2.75) is 63.9 Å². The third kappa shape index (κ3) is 2.96. The molecule has 0 radical (unpaired) electrons. The number of allylic oxidation sites excluding steroid dienone is 1. The number of carbonyl (C=O) groups is 1. The topological polar surface area (TPSA) is 63.3 Å². The fourth-order valence-electron chi connectivity index (χ4n) is 7.19. The van der Waals surface area contributed by atoms with Gasteiger partial charge >= 0.3 is 0 Å². The van der Waals surface area contributed by atoms with Gasteiger partial charge in [0.25, 0.3) is 0 Å². The molecule has 5 rings (SSSR count). The van der Waals surface area contributed by atoms with Gasteiger partial charge in [0.05, 0.1) is 0 Å². The highest BCUT2D eigenvalue weighted by atomic mass is 16.3. The van der Waals surface area contributed by atoms with Gasteiger partial charge in [0.15, 0.2) is 5.78 Å². The zero-order valence-corrected chi connectivity index (χ0v) is 17.3. The maximum absolute atomic E-state index is 11.9. The van der Waals surface area contributed by atoms with Gasteiger partial charge in [0.1, 0.15) is 5.60 Å². The van der Waals surface area contributed by atoms with Gasteiger partial charge in [-0.15, -0.1) is 0 Å². The molecule has 29 heavy (non-hydrogen) atoms. The molecule has 1 unspecified atom stereocenters. The van der Waals surface area contributed by atoms with E-state index >= 15 is 0 Å². The van der Waals surface area contributed by atoms with Crippen molar-refractivity contribution in [2.75, 3.05) is 5.73 Å². The van der Waals surface area contributed by atoms with Crippen LogP contribution in [-0.4, -0.2) is 16.5 Å². The number of aliphatic hydroxyl groups is 1. The average Bonchev–Trinajstić information content (AvgIpc) is 2.97. The van der Waals surface area contributed by atoms with Crippen molar-refractivity contribution in [1.29, 1.82) is 0 Å². The lowest BCUT2D eigenvalue weighted by molar-refractivity contribution is -0.116. The van der Waals surface area contributed by atoms with Gasteiger partial charge in [-0.2, -0.15) is 0 Å². The van der Waals surface area contributed by atoms with Crippen LogP contribution in [0.5, 0.6) is 0 Å². The van der Waals surface area contributed by atoms with E-state index in [0.29, 0.717) is 35.1 Å². The second kappa shape index (κ2) is 6.74. The van der Waals surface area contributed by atoms with Gasteiger partial charge in [0.2, 0.25) is 0 Å². The molecular formula is C26H31NO2. The Labute approximate surface area is 173 Å². The Bertz CT molecular complexity index is 938. The number of nitrogen functional groups attached to an aromatic ring is 1. The first-order valence-electron chi connectivity index (χ1n) is 11.2. The molecule has 0 heterocycles. The van der Waals surface area contributed by atoms with Crippen LogP contribution < -0.4 is 5.73 Å². The first-order valence-corrected chi connectivity index (χ1v) is 11.2. The summed E-state index contributed by atoms with van der Waals surface area (Å²) in [5, 5.41) is 11.7. The van der Waals surface area contributed by atoms with Crippen LogP contribution in [0.3, 0.4) is 0 Å². The van der Waals surface area contributed by atoms with Crippen LogP contribution in [0.15, 0.2) is 35.9 Å². The van der Waals surface area contributed by atoms with Crippen molar-refractivity contribution in [3.05, 3.63) is 41.5 Å². The maximum atomic E-state index is 11.9. The van der Waals surface area contributed by atoms with Crippen molar-refractivity contribution in [3.63, 3.8) is 0 Å². The van der Waals surface area contributed by atoms with Crippen LogP contribution in [0.2, 0.25) is 0 Å². The maximum Gasteiger partial charge on any atom is 0.155 e. The molecule has 3 nitrogen and oxygen atoms in total. The number of anilines is 1. The predicted molar refractivity (Wildman–Crippen MR) is 115 cm³/mol. The highest BCUT2D eigenvalue weighted by Gasteiger charge is 2.62. The van der Waals surface area contributed by atoms with E-state index < -0.39 is 5.60 Å². The molecule has 1 aromatic carbocycles. The van der Waals surface area contributed by atoms with E-state index in [1.54, 1.807) is 0 Å². The van der Waals surface area contributed by atoms with Crippen LogP contribution in [-0.2, 0) is 4.79 Å². The van der Waals surface area contributed by atoms with E-state index in [0.717, 1.165) is 50.5 Å². The lowest BCUT2D eigenvalue weighted by Gasteiger charge is -2.54. The molecule has 3 fully saturated rings. The lowest BCUT2D eigenvalue weighted by atomic mass is 9.50. The molecule has 4 aliphatic carbocycles. The minimum Gasteiger partial charge on any atom is -0.399 e. The Hall–Kier alpha value is -2.05. The Kier molecular flexibility index (Phi) is 4.40. The van der Waals surface area contributed by atoms with Crippen LogP contribution in [0.1, 0.15) is 63.9 Å². The summed E-state index contributed by atoms with van der Waals surface area (Å²) in [6.07, 6.45) is 9.94. The lowest BCUT2D eigenvalue weighted by Crippen LogP contribution is -2.52. The van der Waals surface area contributed by atoms with Crippen molar-refractivity contribution in [2.24, 2.45) is 29.1 Å². The quantitative estimate of drug-likeness (QED) is 0.507. The summed E-state index contributed by atoms with van der Waals surface area (Å²) in [6.45, 7) is 2.28. The van der Waals surface area contributed by atoms with Crippen LogP contribution in [0.4, 0.5) is 5.69 Å². The molecule has 0 spiro atoms. The molecule has 4 aliphatic rings. The second-order valence-corrected chi connectivity index (χ2v) is 10.0. The number of fused-ring (bicyclic) bond motifs is 5. The van der Waals surface area contributed by atoms with E-state index in [9.17, 15) is 9.90 Å². The summed E-state index contributed by atoms with van der Waals surface area (Å²) in [5.41, 5.74) is 7.81. The summed E-state index contributed by atoms with van der Waals surface area (Å²) in [4.78, 5) is 11.9. The van der Waals surface area contributed by atoms with Gasteiger partial charge < -0.3 is 10.8 Å². The summed E-state index contributed by atoms with van der Waals surface area (Å²) >= 11 is 0. The molecule has 0 saturated heterocycles. The van der Waals surface area contributed by atoms with Gasteiger partial charge in [-0.3, -0.25) is 4.79 Å². The van der Waals surface area contributed by atoms with Crippen LogP contribution in [0.25, 0.3) is 0 Å². The van der Waals surface area contributed by atoms with Crippen molar-refractivity contribution >= 4 is 11.5 Å². The van der Waals surface area contributed by atoms with Gasteiger partial charge in [-0.25, -0.2) is 0 Å². The highest BCUT2D eigenvalue weighted by Crippen LogP contribution is 2.64. The Morgan fingerprint density at radius 1 is 1.10 bits per heavy atom. The standard InChI is InChI=1S/C26H31NO2/c1-25-12-10-22-21-8-6-20(28)16-18(21)5-7-23(22)24(25)11-14-26(25,29)13-9-17-3-2-4-19(27)15-17/h2-4,15-16,21-24,29H,5-8,10-12,14,27H2,1H3/t21-,22-,23+,24+,25-,26?/m0/s1. The van der Waals surface area contributed by atoms with Crippen molar-refractivity contribution in [3.8, 4) is 11.8 Å². The smallest absolute Gasteiger partial charge is 0.155 e. The number of hydrogen-bond donors (Lipinski definition) is 2. The average molecular weight is 390 g/mol. The molecule has 3 saturated carbocycles. The SMILES string of the molecule is C[C@]12CC[C@@H]3[C@@H](CCC4=CC(=O)CC[C@@H]43)[C@H]1CCC2(O)C#Cc1cccc(N)c1. The van der Waals surface area contributed by atoms with Gasteiger partial charge in [0, 0.05) is 23.1 Å². The first kappa shape index (κ1) is 18.9. The van der Waals surface area contributed by atoms with Crippen molar-refractivity contribution < 1.29 is 9.90 Å². The zero-order chi connectivity index (χ0) is 20.2. The summed E-state index contributed by atoms with van der Waals surface area (Å²) in [7, 11) is 0. The third-order valence-corrected chi connectivity index (χ3v) is 8.75. The molecule has 0 aliphatic heterocycles. The van der Waals surface area contributed by atoms with E-state index in [-0.39, 0.29) is 5.41 Å². The fraction of sp³-hybridized carbons (Fsp3) is 0.577. The molecule has 0 aromatic heterocycles. The summed E-state index contributed by atoms with van der Waals surface area (Å²) < 4.78 is 0. The van der Waals surface area contributed by atoms with Crippen LogP contribution >= 0.6 is 0 Å². The second-order valence-electron chi connectivity index (χ2n) is 10.0. The Morgan fingerprint density at radius 3 is 2.79 bits per heavy atom. The normalized spacial score (nSPS) is 40.8. The number of hydrogen-bond acceptors (Lipinski definition) is 3. The number of nitrogens with two attached hydrogens (primary N) is 1. The molecule has 0 amide bonds. The molecule has 152 valence electrons. The summed E-state index contributed by atoms with van der Waals surface area (Å²) in [5.74, 6) is 9.31. The number of carbonyl (C=O) groups excluding carboxylic acids is 1. The van der Waals surface area contributed by atoms with Gasteiger partial charge in [-0.1, -0.05) is 30.4 Å². The molecular weight excluding hydrogens is 358 g/mol. The third-order valence-electron chi connectivity index (χ3n) is 8.75. The summed E-state index contributed by atoms with van der Waals surface area (Å²) in [6, 6.07) is 7.60. The Morgan fingerprint density at radius 2 is 1.97 bits per heavy atom. The molecule has 6 atom stereocenters. The number of ketones is 1. The molecule has 3 N–H and O–H groups in total. The number of rotatable bonds is 0. The molecule has 1 aromatic rings. The zero-order valence-electron chi connectivity index (χ0n) is 17.3. The highest BCUT2D eigenvalue weighted by molar-refractivity contribution is 5.91. The van der Waals surface area contributed by atoms with Crippen molar-refractivity contribution in [1.82, 2.24) is 0 Å². The van der Waals surface area contributed by atoms with E-state index in [1.807, 2.05) is 30.3 Å². The van der Waals surface area contributed by atoms with E-state index in [2.05, 4.69) is 18.8 Å². The minimum atomic E-state index is -0.925.